The Labute approximate surface area is 157 Å². The van der Waals surface area contributed by atoms with E-state index >= 15 is 0 Å². The summed E-state index contributed by atoms with van der Waals surface area (Å²) in [6, 6.07) is 26.8. The average molecular weight is 349 g/mol. The average Bonchev–Trinajstić information content (AvgIpc) is 2.61. The Morgan fingerprint density at radius 3 is 1.71 bits per heavy atom. The van der Waals surface area contributed by atoms with Crippen LogP contribution >= 0.6 is 0 Å². The normalized spacial score (nSPS) is 10.3. The maximum absolute atomic E-state index is 2.13. The molecule has 0 aliphatic rings. The fraction of sp³-hybridized carbons (Fsp3) is 0. The van der Waals surface area contributed by atoms with Crippen molar-refractivity contribution in [2.24, 2.45) is 0 Å². The van der Waals surface area contributed by atoms with Crippen LogP contribution < -0.4 is 4.57 Å². The summed E-state index contributed by atoms with van der Waals surface area (Å²) in [5.74, 6) is 0. The molecule has 0 radical (unpaired) electrons. The lowest BCUT2D eigenvalue weighted by atomic mass is 10.2. The summed E-state index contributed by atoms with van der Waals surface area (Å²) in [4.78, 5) is 0. The number of hydrogen-bond donors (Lipinski definition) is 0. The first-order chi connectivity index (χ1) is 10.9. The monoisotopic (exact) mass is 348 g/mol. The predicted octanol–water partition coefficient (Wildman–Crippen LogP) is 4.77. The molecule has 0 N–H and O–H groups in total. The molecule has 1 heterocycles. The van der Waals surface area contributed by atoms with Gasteiger partial charge in [-0.1, -0.05) is 60.7 Å². The van der Waals surface area contributed by atoms with E-state index in [1.165, 1.54) is 11.1 Å². The van der Waals surface area contributed by atoms with Crippen molar-refractivity contribution < 1.29 is 4.57 Å². The van der Waals surface area contributed by atoms with E-state index in [1.54, 1.807) is 0 Å². The quantitative estimate of drug-likeness (QED) is 0.598. The molecule has 3 heteroatoms. The van der Waals surface area contributed by atoms with Crippen LogP contribution in [0.25, 0.3) is 24.4 Å². The lowest BCUT2D eigenvalue weighted by molar-refractivity contribution is -0.569. The molecule has 122 valence electrons. The minimum atomic E-state index is 0. The van der Waals surface area contributed by atoms with Crippen molar-refractivity contribution in [3.8, 4) is 0 Å². The first-order valence-corrected chi connectivity index (χ1v) is 7.38. The smallest absolute Gasteiger partial charge is 0.210 e. The molecular formula is C21H18NS2-3. The van der Waals surface area contributed by atoms with Crippen molar-refractivity contribution in [1.82, 2.24) is 0 Å². The highest BCUT2D eigenvalue weighted by Crippen LogP contribution is 2.06. The third-order valence-corrected chi connectivity index (χ3v) is 3.40. The van der Waals surface area contributed by atoms with Crippen LogP contribution in [0, 0.1) is 0 Å². The Bertz CT molecular complexity index is 713. The van der Waals surface area contributed by atoms with E-state index in [1.807, 2.05) is 42.5 Å². The number of hydrogen-bond acceptors (Lipinski definition) is 0. The molecule has 2 aromatic carbocycles. The van der Waals surface area contributed by atoms with Crippen LogP contribution in [0.1, 0.15) is 16.8 Å². The van der Waals surface area contributed by atoms with Gasteiger partial charge in [-0.05, 0) is 23.3 Å². The van der Waals surface area contributed by atoms with Crippen molar-refractivity contribution in [3.63, 3.8) is 0 Å². The van der Waals surface area contributed by atoms with E-state index in [0.29, 0.717) is 0 Å². The standard InChI is InChI=1S/C21H18N.2S/c1-3-9-19(10-4-1)14-15-21-13-7-8-17-22(21)18-16-20-11-5-2-6-12-20;;/h1-18H;;/q+1;2*-2. The zero-order chi connectivity index (χ0) is 15.0. The molecule has 0 aliphatic heterocycles. The van der Waals surface area contributed by atoms with Crippen LogP contribution in [0.4, 0.5) is 0 Å². The van der Waals surface area contributed by atoms with Crippen LogP contribution in [0.2, 0.25) is 0 Å². The summed E-state index contributed by atoms with van der Waals surface area (Å²) in [6.07, 6.45) is 10.5. The fourth-order valence-electron chi connectivity index (χ4n) is 2.22. The molecule has 1 nitrogen and oxygen atoms in total. The SMILES string of the molecule is C(=Cc1cccc[n+]1C=Cc1ccccc1)c1ccccc1.[S-2].[S-2]. The van der Waals surface area contributed by atoms with Gasteiger partial charge in [0.1, 0.15) is 0 Å². The molecule has 3 rings (SSSR count). The Hall–Kier alpha value is -2.23. The molecule has 24 heavy (non-hydrogen) atoms. The van der Waals surface area contributed by atoms with Gasteiger partial charge in [0.25, 0.3) is 0 Å². The first-order valence-electron chi connectivity index (χ1n) is 7.38. The number of pyridine rings is 1. The van der Waals surface area contributed by atoms with Gasteiger partial charge in [-0.2, -0.15) is 4.57 Å². The van der Waals surface area contributed by atoms with Gasteiger partial charge in [0, 0.05) is 24.3 Å². The Morgan fingerprint density at radius 1 is 0.542 bits per heavy atom. The maximum Gasteiger partial charge on any atom is 0.210 e. The molecule has 0 saturated heterocycles. The van der Waals surface area contributed by atoms with Gasteiger partial charge in [0.2, 0.25) is 5.69 Å². The molecule has 0 aliphatic carbocycles. The van der Waals surface area contributed by atoms with Gasteiger partial charge < -0.3 is 27.0 Å². The Balaban J connectivity index is 0.00000144. The molecule has 0 atom stereocenters. The fourth-order valence-corrected chi connectivity index (χ4v) is 2.22. The second-order valence-electron chi connectivity index (χ2n) is 5.00. The van der Waals surface area contributed by atoms with Crippen LogP contribution in [-0.4, -0.2) is 0 Å². The summed E-state index contributed by atoms with van der Waals surface area (Å²) in [6.45, 7) is 0. The summed E-state index contributed by atoms with van der Waals surface area (Å²) < 4.78 is 2.12. The molecule has 0 fully saturated rings. The highest BCUT2D eigenvalue weighted by molar-refractivity contribution is 7.37. The number of aromatic nitrogens is 1. The van der Waals surface area contributed by atoms with Gasteiger partial charge in [0.05, 0.1) is 0 Å². The van der Waals surface area contributed by atoms with E-state index in [9.17, 15) is 0 Å². The highest BCUT2D eigenvalue weighted by atomic mass is 32.1. The minimum Gasteiger partial charge on any atom is -2.00 e. The van der Waals surface area contributed by atoms with Gasteiger partial charge in [0.15, 0.2) is 12.4 Å². The number of nitrogens with zero attached hydrogens (tertiary/aromatic N) is 1. The van der Waals surface area contributed by atoms with Crippen LogP contribution in [-0.2, 0) is 27.0 Å². The summed E-state index contributed by atoms with van der Waals surface area (Å²) in [5, 5.41) is 0. The third kappa shape index (κ3) is 5.76. The molecule has 1 aromatic heterocycles. The van der Waals surface area contributed by atoms with Gasteiger partial charge in [-0.25, -0.2) is 0 Å². The van der Waals surface area contributed by atoms with Crippen LogP contribution in [0.5, 0.6) is 0 Å². The van der Waals surface area contributed by atoms with Gasteiger partial charge in [-0.3, -0.25) is 0 Å². The van der Waals surface area contributed by atoms with Crippen molar-refractivity contribution in [2.45, 2.75) is 0 Å². The predicted molar refractivity (Wildman–Crippen MR) is 108 cm³/mol. The molecular weight excluding hydrogens is 330 g/mol. The summed E-state index contributed by atoms with van der Waals surface area (Å²) in [7, 11) is 0. The van der Waals surface area contributed by atoms with E-state index in [0.717, 1.165) is 5.69 Å². The van der Waals surface area contributed by atoms with Crippen molar-refractivity contribution in [1.29, 1.82) is 0 Å². The lowest BCUT2D eigenvalue weighted by Gasteiger charge is -2.00. The van der Waals surface area contributed by atoms with E-state index in [2.05, 4.69) is 71.6 Å². The lowest BCUT2D eigenvalue weighted by Crippen LogP contribution is -2.28. The zero-order valence-electron chi connectivity index (χ0n) is 13.2. The zero-order valence-corrected chi connectivity index (χ0v) is 14.8. The topological polar surface area (TPSA) is 3.88 Å². The van der Waals surface area contributed by atoms with E-state index < -0.39 is 0 Å². The van der Waals surface area contributed by atoms with Crippen molar-refractivity contribution >= 4 is 51.4 Å². The number of rotatable bonds is 4. The summed E-state index contributed by atoms with van der Waals surface area (Å²) in [5.41, 5.74) is 3.53. The molecule has 0 bridgehead atoms. The Kier molecular flexibility index (Phi) is 8.69. The maximum atomic E-state index is 2.13. The van der Waals surface area contributed by atoms with Crippen molar-refractivity contribution in [2.75, 3.05) is 0 Å². The summed E-state index contributed by atoms with van der Waals surface area (Å²) >= 11 is 0. The molecule has 0 unspecified atom stereocenters. The second-order valence-corrected chi connectivity index (χ2v) is 5.00. The first kappa shape index (κ1) is 19.8. The van der Waals surface area contributed by atoms with Crippen LogP contribution in [0.3, 0.4) is 0 Å². The number of benzene rings is 2. The van der Waals surface area contributed by atoms with Crippen molar-refractivity contribution in [3.05, 3.63) is 102 Å². The van der Waals surface area contributed by atoms with E-state index in [4.69, 9.17) is 0 Å². The van der Waals surface area contributed by atoms with Crippen LogP contribution in [0.15, 0.2) is 85.1 Å². The van der Waals surface area contributed by atoms with E-state index in [-0.39, 0.29) is 27.0 Å². The largest absolute Gasteiger partial charge is 2.00 e. The molecule has 0 saturated carbocycles. The third-order valence-electron chi connectivity index (χ3n) is 3.40. The minimum absolute atomic E-state index is 0. The molecule has 0 amide bonds. The second kappa shape index (κ2) is 10.5. The highest BCUT2D eigenvalue weighted by Gasteiger charge is 2.02. The van der Waals surface area contributed by atoms with Gasteiger partial charge in [-0.15, -0.1) is 0 Å². The molecule has 0 spiro atoms. The Morgan fingerprint density at radius 2 is 1.08 bits per heavy atom. The molecule has 3 aromatic rings. The van der Waals surface area contributed by atoms with Gasteiger partial charge >= 0.3 is 0 Å².